The van der Waals surface area contributed by atoms with Gasteiger partial charge in [-0.05, 0) is 12.8 Å². The Kier molecular flexibility index (Phi) is 1.31. The van der Waals surface area contributed by atoms with Gasteiger partial charge in [0.05, 0.1) is 5.54 Å². The lowest BCUT2D eigenvalue weighted by Crippen LogP contribution is -2.76. The van der Waals surface area contributed by atoms with Crippen molar-refractivity contribution in [3.63, 3.8) is 0 Å². The van der Waals surface area contributed by atoms with Gasteiger partial charge >= 0.3 is 0 Å². The molecule has 66 valence electrons. The minimum atomic E-state index is -0.821. The molecule has 3 nitrogen and oxygen atoms in total. The number of fused-ring (bicyclic) bond motifs is 1. The molecule has 2 aliphatic rings. The molecule has 0 unspecified atom stereocenters. The molecule has 1 fully saturated rings. The molecule has 0 radical (unpaired) electrons. The number of carbonyl (C=O) groups is 1. The molecule has 0 aromatic carbocycles. The van der Waals surface area contributed by atoms with Gasteiger partial charge < -0.3 is 11.5 Å². The topological polar surface area (TPSA) is 69.1 Å². The summed E-state index contributed by atoms with van der Waals surface area (Å²) < 4.78 is 0. The maximum absolute atomic E-state index is 11.3. The van der Waals surface area contributed by atoms with Crippen molar-refractivity contribution in [2.45, 2.75) is 37.3 Å². The summed E-state index contributed by atoms with van der Waals surface area (Å²) in [6.07, 6.45) is 4.07. The number of carbonyl (C=O) groups excluding carboxylic acids is 1. The highest BCUT2D eigenvalue weighted by molar-refractivity contribution is 6.01. The lowest BCUT2D eigenvalue weighted by atomic mass is 9.62. The first kappa shape index (κ1) is 7.95. The molecule has 3 heteroatoms. The highest BCUT2D eigenvalue weighted by atomic mass is 16.1. The Balaban J connectivity index is 2.35. The van der Waals surface area contributed by atoms with Crippen LogP contribution in [-0.2, 0) is 4.79 Å². The molecule has 2 atom stereocenters. The number of hydrogen-bond donors (Lipinski definition) is 2. The molecule has 4 N–H and O–H groups in total. The van der Waals surface area contributed by atoms with E-state index in [2.05, 4.69) is 6.92 Å². The maximum atomic E-state index is 11.3. The van der Waals surface area contributed by atoms with Crippen LogP contribution in [0, 0.1) is 0 Å². The average molecular weight is 166 g/mol. The Hall–Kier alpha value is -0.670. The first-order chi connectivity index (χ1) is 5.52. The van der Waals surface area contributed by atoms with Gasteiger partial charge in [-0.1, -0.05) is 18.6 Å². The highest BCUT2D eigenvalue weighted by Crippen LogP contribution is 2.47. The van der Waals surface area contributed by atoms with Crippen LogP contribution in [0.1, 0.15) is 26.2 Å². The number of rotatable bonds is 1. The van der Waals surface area contributed by atoms with E-state index in [4.69, 9.17) is 11.5 Å². The van der Waals surface area contributed by atoms with Gasteiger partial charge in [-0.25, -0.2) is 0 Å². The predicted molar refractivity (Wildman–Crippen MR) is 46.5 cm³/mol. The van der Waals surface area contributed by atoms with E-state index in [0.29, 0.717) is 6.42 Å². The first-order valence-electron chi connectivity index (χ1n) is 4.33. The van der Waals surface area contributed by atoms with Gasteiger partial charge in [0.15, 0.2) is 5.78 Å². The normalized spacial score (nSPS) is 45.2. The third-order valence-corrected chi connectivity index (χ3v) is 3.19. The summed E-state index contributed by atoms with van der Waals surface area (Å²) in [5.41, 5.74) is 11.9. The summed E-state index contributed by atoms with van der Waals surface area (Å²) in [5.74, 6) is 0.0912. The Morgan fingerprint density at radius 1 is 1.50 bits per heavy atom. The summed E-state index contributed by atoms with van der Waals surface area (Å²) in [4.78, 5) is 11.3. The second-order valence-electron chi connectivity index (χ2n) is 3.96. The van der Waals surface area contributed by atoms with E-state index >= 15 is 0 Å². The molecule has 0 aromatic rings. The number of hydrogen-bond acceptors (Lipinski definition) is 3. The van der Waals surface area contributed by atoms with Gasteiger partial charge in [0.1, 0.15) is 5.54 Å². The fourth-order valence-corrected chi connectivity index (χ4v) is 2.19. The Bertz CT molecular complexity index is 284. The van der Waals surface area contributed by atoms with Crippen molar-refractivity contribution in [2.24, 2.45) is 11.5 Å². The van der Waals surface area contributed by atoms with Crippen molar-refractivity contribution in [2.75, 3.05) is 0 Å². The van der Waals surface area contributed by atoms with Crippen molar-refractivity contribution < 1.29 is 4.79 Å². The zero-order valence-electron chi connectivity index (χ0n) is 7.26. The van der Waals surface area contributed by atoms with E-state index in [1.54, 1.807) is 0 Å². The summed E-state index contributed by atoms with van der Waals surface area (Å²) >= 11 is 0. The number of Topliss-reactive ketones (excluding diaryl/α,β-unsaturated/α-hetero) is 1. The van der Waals surface area contributed by atoms with Crippen LogP contribution < -0.4 is 11.5 Å². The SMILES string of the molecule is CCC1=C[C@@]2(N)C(=O)C[C@@]2(N)C1. The quantitative estimate of drug-likeness (QED) is 0.542. The molecule has 0 aliphatic heterocycles. The maximum Gasteiger partial charge on any atom is 0.160 e. The fourth-order valence-electron chi connectivity index (χ4n) is 2.19. The monoisotopic (exact) mass is 166 g/mol. The van der Waals surface area contributed by atoms with E-state index in [0.717, 1.165) is 12.8 Å². The lowest BCUT2D eigenvalue weighted by Gasteiger charge is -2.48. The van der Waals surface area contributed by atoms with Gasteiger partial charge in [-0.3, -0.25) is 4.79 Å². The molecule has 2 rings (SSSR count). The molecule has 0 aromatic heterocycles. The molecule has 2 aliphatic carbocycles. The van der Waals surface area contributed by atoms with E-state index in [9.17, 15) is 4.79 Å². The first-order valence-corrected chi connectivity index (χ1v) is 4.33. The van der Waals surface area contributed by atoms with Gasteiger partial charge in [0, 0.05) is 6.42 Å². The number of ketones is 1. The summed E-state index contributed by atoms with van der Waals surface area (Å²) in [6.45, 7) is 2.06. The molecule has 0 amide bonds. The Morgan fingerprint density at radius 3 is 2.58 bits per heavy atom. The molecular weight excluding hydrogens is 152 g/mol. The van der Waals surface area contributed by atoms with Gasteiger partial charge in [0.25, 0.3) is 0 Å². The predicted octanol–water partition coefficient (Wildman–Crippen LogP) is 0.0943. The van der Waals surface area contributed by atoms with Crippen LogP contribution in [0.4, 0.5) is 0 Å². The van der Waals surface area contributed by atoms with E-state index in [1.807, 2.05) is 6.08 Å². The molecular formula is C9H14N2O. The van der Waals surface area contributed by atoms with Crippen LogP contribution in [0.5, 0.6) is 0 Å². The molecule has 0 bridgehead atoms. The largest absolute Gasteiger partial charge is 0.322 e. The van der Waals surface area contributed by atoms with Crippen LogP contribution >= 0.6 is 0 Å². The zero-order chi connectivity index (χ0) is 8.98. The van der Waals surface area contributed by atoms with Crippen LogP contribution in [0.25, 0.3) is 0 Å². The van der Waals surface area contributed by atoms with Crippen LogP contribution in [0.2, 0.25) is 0 Å². The molecule has 1 saturated carbocycles. The zero-order valence-corrected chi connectivity index (χ0v) is 7.26. The van der Waals surface area contributed by atoms with Gasteiger partial charge in [-0.2, -0.15) is 0 Å². The second-order valence-corrected chi connectivity index (χ2v) is 3.96. The van der Waals surface area contributed by atoms with Gasteiger partial charge in [-0.15, -0.1) is 0 Å². The van der Waals surface area contributed by atoms with Crippen molar-refractivity contribution in [1.82, 2.24) is 0 Å². The lowest BCUT2D eigenvalue weighted by molar-refractivity contribution is -0.134. The van der Waals surface area contributed by atoms with Crippen molar-refractivity contribution >= 4 is 5.78 Å². The minimum absolute atomic E-state index is 0.0912. The highest BCUT2D eigenvalue weighted by Gasteiger charge is 2.63. The molecule has 0 spiro atoms. The Morgan fingerprint density at radius 2 is 2.17 bits per heavy atom. The smallest absolute Gasteiger partial charge is 0.160 e. The second kappa shape index (κ2) is 1.98. The molecule has 12 heavy (non-hydrogen) atoms. The molecule has 0 heterocycles. The fraction of sp³-hybridized carbons (Fsp3) is 0.667. The van der Waals surface area contributed by atoms with E-state index in [-0.39, 0.29) is 5.78 Å². The summed E-state index contributed by atoms with van der Waals surface area (Å²) in [5, 5.41) is 0. The van der Waals surface area contributed by atoms with E-state index in [1.165, 1.54) is 5.57 Å². The standard InChI is InChI=1S/C9H14N2O/c1-2-6-3-8(10)5-7(12)9(8,11)4-6/h4H,2-3,5,10-11H2,1H3/t8-,9+/m0/s1. The molecule has 0 saturated heterocycles. The number of nitrogens with two attached hydrogens (primary N) is 2. The van der Waals surface area contributed by atoms with Crippen molar-refractivity contribution in [3.8, 4) is 0 Å². The average Bonchev–Trinajstić information content (AvgIpc) is 2.21. The van der Waals surface area contributed by atoms with Crippen molar-refractivity contribution in [3.05, 3.63) is 11.6 Å². The summed E-state index contributed by atoms with van der Waals surface area (Å²) in [6, 6.07) is 0. The van der Waals surface area contributed by atoms with E-state index < -0.39 is 11.1 Å². The van der Waals surface area contributed by atoms with Crippen LogP contribution in [0.3, 0.4) is 0 Å². The summed E-state index contributed by atoms with van der Waals surface area (Å²) in [7, 11) is 0. The van der Waals surface area contributed by atoms with Crippen LogP contribution in [0.15, 0.2) is 11.6 Å². The third-order valence-electron chi connectivity index (χ3n) is 3.19. The third kappa shape index (κ3) is 0.660. The van der Waals surface area contributed by atoms with Crippen molar-refractivity contribution in [1.29, 1.82) is 0 Å². The van der Waals surface area contributed by atoms with Gasteiger partial charge in [0.2, 0.25) is 0 Å². The Labute approximate surface area is 71.8 Å². The van der Waals surface area contributed by atoms with Crippen LogP contribution in [-0.4, -0.2) is 16.9 Å². The minimum Gasteiger partial charge on any atom is -0.322 e.